The summed E-state index contributed by atoms with van der Waals surface area (Å²) in [4.78, 5) is 10.2. The van der Waals surface area contributed by atoms with Crippen molar-refractivity contribution in [3.63, 3.8) is 0 Å². The molecule has 0 aliphatic rings. The molecule has 96 valence electrons. The van der Waals surface area contributed by atoms with Crippen LogP contribution in [-0.4, -0.2) is 41.3 Å². The molecule has 0 fully saturated rings. The highest BCUT2D eigenvalue weighted by Crippen LogP contribution is 2.25. The van der Waals surface area contributed by atoms with E-state index in [1.54, 1.807) is 0 Å². The maximum Gasteiger partial charge on any atom is 0.157 e. The molecule has 0 aromatic carbocycles. The molecular formula is C11H21N5O. The Balaban J connectivity index is 2.91. The minimum atomic E-state index is 0.0784. The summed E-state index contributed by atoms with van der Waals surface area (Å²) >= 11 is 0. The molecule has 1 aromatic rings. The van der Waals surface area contributed by atoms with Gasteiger partial charge in [-0.25, -0.2) is 9.97 Å². The molecule has 0 aliphatic heterocycles. The van der Waals surface area contributed by atoms with E-state index in [9.17, 15) is 0 Å². The van der Waals surface area contributed by atoms with Gasteiger partial charge in [0.1, 0.15) is 12.0 Å². The molecule has 0 radical (unpaired) electrons. The van der Waals surface area contributed by atoms with Crippen LogP contribution in [0.25, 0.3) is 0 Å². The standard InChI is InChI=1S/C11H21N5O/c1-3-5-13-10-9(12)11(15-8-14-10)16(4-2)6-7-17/h8,17H,3-7,12H2,1-2H3,(H,13,14,15). The quantitative estimate of drug-likeness (QED) is 0.649. The molecule has 0 bridgehead atoms. The van der Waals surface area contributed by atoms with Gasteiger partial charge in [-0.1, -0.05) is 6.92 Å². The van der Waals surface area contributed by atoms with Gasteiger partial charge in [-0.3, -0.25) is 0 Å². The van der Waals surface area contributed by atoms with Crippen molar-refractivity contribution in [1.29, 1.82) is 0 Å². The van der Waals surface area contributed by atoms with E-state index in [2.05, 4.69) is 22.2 Å². The molecule has 0 spiro atoms. The molecule has 1 rings (SSSR count). The van der Waals surface area contributed by atoms with Crippen LogP contribution in [0.1, 0.15) is 20.3 Å². The average Bonchev–Trinajstić information content (AvgIpc) is 2.35. The predicted molar refractivity (Wildman–Crippen MR) is 70.2 cm³/mol. The first-order valence-corrected chi connectivity index (χ1v) is 5.94. The second-order valence-corrected chi connectivity index (χ2v) is 3.69. The van der Waals surface area contributed by atoms with E-state index in [1.165, 1.54) is 6.33 Å². The largest absolute Gasteiger partial charge is 0.395 e. The predicted octanol–water partition coefficient (Wildman–Crippen LogP) is 0.699. The second-order valence-electron chi connectivity index (χ2n) is 3.69. The van der Waals surface area contributed by atoms with Gasteiger partial charge in [-0.15, -0.1) is 0 Å². The van der Waals surface area contributed by atoms with Crippen LogP contribution in [0.4, 0.5) is 17.3 Å². The van der Waals surface area contributed by atoms with Crippen LogP contribution in [0.3, 0.4) is 0 Å². The summed E-state index contributed by atoms with van der Waals surface area (Å²) in [6.45, 7) is 6.24. The number of anilines is 3. The second kappa shape index (κ2) is 6.90. The minimum Gasteiger partial charge on any atom is -0.395 e. The van der Waals surface area contributed by atoms with Crippen LogP contribution in [-0.2, 0) is 0 Å². The van der Waals surface area contributed by atoms with Crippen molar-refractivity contribution in [2.45, 2.75) is 20.3 Å². The molecule has 0 saturated heterocycles. The summed E-state index contributed by atoms with van der Waals surface area (Å²) in [7, 11) is 0. The van der Waals surface area contributed by atoms with Gasteiger partial charge in [0.2, 0.25) is 0 Å². The van der Waals surface area contributed by atoms with E-state index in [1.807, 2.05) is 11.8 Å². The Bertz CT molecular complexity index is 345. The summed E-state index contributed by atoms with van der Waals surface area (Å²) in [6.07, 6.45) is 2.50. The SMILES string of the molecule is CCCNc1ncnc(N(CC)CCO)c1N. The number of hydrogen-bond donors (Lipinski definition) is 3. The topological polar surface area (TPSA) is 87.3 Å². The molecule has 4 N–H and O–H groups in total. The molecule has 6 nitrogen and oxygen atoms in total. The van der Waals surface area contributed by atoms with Gasteiger partial charge in [0.05, 0.1) is 6.61 Å². The normalized spacial score (nSPS) is 10.3. The van der Waals surface area contributed by atoms with Crippen molar-refractivity contribution in [1.82, 2.24) is 9.97 Å². The van der Waals surface area contributed by atoms with Crippen molar-refractivity contribution < 1.29 is 5.11 Å². The Morgan fingerprint density at radius 3 is 2.76 bits per heavy atom. The van der Waals surface area contributed by atoms with Crippen LogP contribution in [0, 0.1) is 0 Å². The van der Waals surface area contributed by atoms with E-state index < -0.39 is 0 Å². The fraction of sp³-hybridized carbons (Fsp3) is 0.636. The van der Waals surface area contributed by atoms with Gasteiger partial charge in [-0.2, -0.15) is 0 Å². The van der Waals surface area contributed by atoms with Gasteiger partial charge in [-0.05, 0) is 13.3 Å². The summed E-state index contributed by atoms with van der Waals surface area (Å²) in [6, 6.07) is 0. The zero-order valence-electron chi connectivity index (χ0n) is 10.5. The monoisotopic (exact) mass is 239 g/mol. The highest BCUT2D eigenvalue weighted by molar-refractivity contribution is 5.74. The number of aliphatic hydroxyl groups excluding tert-OH is 1. The summed E-state index contributed by atoms with van der Waals surface area (Å²) in [5.74, 6) is 1.34. The lowest BCUT2D eigenvalue weighted by atomic mass is 10.3. The van der Waals surface area contributed by atoms with Crippen molar-refractivity contribution in [3.8, 4) is 0 Å². The fourth-order valence-electron chi connectivity index (χ4n) is 1.56. The lowest BCUT2D eigenvalue weighted by Crippen LogP contribution is -2.28. The third-order valence-electron chi connectivity index (χ3n) is 2.46. The summed E-state index contributed by atoms with van der Waals surface area (Å²) < 4.78 is 0. The smallest absolute Gasteiger partial charge is 0.157 e. The van der Waals surface area contributed by atoms with Crippen LogP contribution in [0.5, 0.6) is 0 Å². The van der Waals surface area contributed by atoms with Crippen LogP contribution < -0.4 is 16.0 Å². The maximum absolute atomic E-state index is 8.99. The fourth-order valence-corrected chi connectivity index (χ4v) is 1.56. The van der Waals surface area contributed by atoms with Crippen molar-refractivity contribution in [2.75, 3.05) is 42.2 Å². The Morgan fingerprint density at radius 1 is 1.41 bits per heavy atom. The molecule has 17 heavy (non-hydrogen) atoms. The number of nitrogens with two attached hydrogens (primary N) is 1. The first kappa shape index (κ1) is 13.5. The lowest BCUT2D eigenvalue weighted by molar-refractivity contribution is 0.302. The van der Waals surface area contributed by atoms with E-state index in [0.717, 1.165) is 19.5 Å². The van der Waals surface area contributed by atoms with Crippen molar-refractivity contribution in [2.24, 2.45) is 0 Å². The average molecular weight is 239 g/mol. The Morgan fingerprint density at radius 2 is 2.18 bits per heavy atom. The van der Waals surface area contributed by atoms with Crippen molar-refractivity contribution in [3.05, 3.63) is 6.33 Å². The third-order valence-corrected chi connectivity index (χ3v) is 2.46. The van der Waals surface area contributed by atoms with Crippen LogP contribution in [0.2, 0.25) is 0 Å². The number of nitrogens with zero attached hydrogens (tertiary/aromatic N) is 3. The third kappa shape index (κ3) is 3.45. The molecule has 0 saturated carbocycles. The van der Waals surface area contributed by atoms with E-state index >= 15 is 0 Å². The van der Waals surface area contributed by atoms with E-state index in [0.29, 0.717) is 23.9 Å². The highest BCUT2D eigenvalue weighted by Gasteiger charge is 2.12. The molecule has 0 atom stereocenters. The number of rotatable bonds is 7. The molecule has 1 heterocycles. The Kier molecular flexibility index (Phi) is 5.48. The van der Waals surface area contributed by atoms with E-state index in [-0.39, 0.29) is 6.61 Å². The lowest BCUT2D eigenvalue weighted by Gasteiger charge is -2.23. The molecule has 6 heteroatoms. The Hall–Kier alpha value is -1.56. The van der Waals surface area contributed by atoms with E-state index in [4.69, 9.17) is 10.8 Å². The number of hydrogen-bond acceptors (Lipinski definition) is 6. The van der Waals surface area contributed by atoms with Crippen LogP contribution in [0.15, 0.2) is 6.33 Å². The van der Waals surface area contributed by atoms with Crippen LogP contribution >= 0.6 is 0 Å². The summed E-state index contributed by atoms with van der Waals surface area (Å²) in [5, 5.41) is 12.1. The zero-order valence-corrected chi connectivity index (χ0v) is 10.5. The van der Waals surface area contributed by atoms with Gasteiger partial charge >= 0.3 is 0 Å². The van der Waals surface area contributed by atoms with Gasteiger partial charge in [0, 0.05) is 19.6 Å². The number of aromatic nitrogens is 2. The summed E-state index contributed by atoms with van der Waals surface area (Å²) in [5.41, 5.74) is 6.56. The minimum absolute atomic E-state index is 0.0784. The Labute approximate surface area is 102 Å². The van der Waals surface area contributed by atoms with Gasteiger partial charge in [0.25, 0.3) is 0 Å². The first-order chi connectivity index (χ1) is 8.24. The molecule has 0 amide bonds. The molecule has 1 aromatic heterocycles. The first-order valence-electron chi connectivity index (χ1n) is 5.94. The highest BCUT2D eigenvalue weighted by atomic mass is 16.3. The molecule has 0 aliphatic carbocycles. The molecule has 0 unspecified atom stereocenters. The van der Waals surface area contributed by atoms with Crippen molar-refractivity contribution >= 4 is 17.3 Å². The number of nitrogen functional groups attached to an aromatic ring is 1. The molecular weight excluding hydrogens is 218 g/mol. The van der Waals surface area contributed by atoms with Gasteiger partial charge in [0.15, 0.2) is 11.6 Å². The maximum atomic E-state index is 8.99. The number of aliphatic hydroxyl groups is 1. The zero-order chi connectivity index (χ0) is 12.7. The van der Waals surface area contributed by atoms with Gasteiger partial charge < -0.3 is 21.1 Å². The number of likely N-dealkylation sites (N-methyl/N-ethyl adjacent to an activating group) is 1. The number of nitrogens with one attached hydrogen (secondary N) is 1.